The quantitative estimate of drug-likeness (QED) is 0.510. The Morgan fingerprint density at radius 1 is 1.13 bits per heavy atom. The summed E-state index contributed by atoms with van der Waals surface area (Å²) in [6, 6.07) is 14.2. The minimum absolute atomic E-state index is 0.0364. The SMILES string of the molecule is CC(=O)CC(O)CC(=O)/C=C/c1c(C2CC2)nc2ccccc2c1-c1ccc(F)cc1. The number of para-hydroxylation sites is 1. The van der Waals surface area contributed by atoms with Crippen LogP contribution in [0.2, 0.25) is 0 Å². The highest BCUT2D eigenvalue weighted by molar-refractivity contribution is 6.02. The highest BCUT2D eigenvalue weighted by Crippen LogP contribution is 2.45. The molecule has 2 aromatic carbocycles. The van der Waals surface area contributed by atoms with E-state index in [0.717, 1.165) is 46.1 Å². The Balaban J connectivity index is 1.80. The fourth-order valence-corrected chi connectivity index (χ4v) is 3.89. The summed E-state index contributed by atoms with van der Waals surface area (Å²) in [5.41, 5.74) is 4.42. The number of allylic oxidation sites excluding steroid dienone is 1. The zero-order valence-corrected chi connectivity index (χ0v) is 17.3. The minimum Gasteiger partial charge on any atom is -0.392 e. The van der Waals surface area contributed by atoms with E-state index in [2.05, 4.69) is 0 Å². The van der Waals surface area contributed by atoms with Crippen molar-refractivity contribution >= 4 is 28.5 Å². The van der Waals surface area contributed by atoms with Crippen LogP contribution in [0.25, 0.3) is 28.1 Å². The second-order valence-electron chi connectivity index (χ2n) is 8.15. The first-order chi connectivity index (χ1) is 14.9. The number of carbonyl (C=O) groups excluding carboxylic acids is 2. The van der Waals surface area contributed by atoms with Crippen molar-refractivity contribution in [1.29, 1.82) is 0 Å². The summed E-state index contributed by atoms with van der Waals surface area (Å²) in [7, 11) is 0. The molecule has 3 aromatic rings. The number of ketones is 2. The molecule has 1 aromatic heterocycles. The number of nitrogens with zero attached hydrogens (tertiary/aromatic N) is 1. The monoisotopic (exact) mass is 417 g/mol. The van der Waals surface area contributed by atoms with Crippen LogP contribution in [0.3, 0.4) is 0 Å². The number of hydrogen-bond acceptors (Lipinski definition) is 4. The third-order valence-electron chi connectivity index (χ3n) is 5.45. The van der Waals surface area contributed by atoms with E-state index >= 15 is 0 Å². The fraction of sp³-hybridized carbons (Fsp3) is 0.269. The maximum absolute atomic E-state index is 13.6. The molecule has 0 aliphatic heterocycles. The molecule has 1 atom stereocenters. The third-order valence-corrected chi connectivity index (χ3v) is 5.45. The van der Waals surface area contributed by atoms with Crippen molar-refractivity contribution in [3.63, 3.8) is 0 Å². The number of aliphatic hydroxyl groups excluding tert-OH is 1. The van der Waals surface area contributed by atoms with Crippen molar-refractivity contribution in [2.24, 2.45) is 0 Å². The van der Waals surface area contributed by atoms with E-state index < -0.39 is 6.10 Å². The van der Waals surface area contributed by atoms with E-state index in [1.54, 1.807) is 18.2 Å². The molecule has 1 unspecified atom stereocenters. The Morgan fingerprint density at radius 2 is 1.84 bits per heavy atom. The van der Waals surface area contributed by atoms with Crippen LogP contribution in [0.15, 0.2) is 54.6 Å². The molecule has 1 aliphatic rings. The van der Waals surface area contributed by atoms with Crippen LogP contribution in [0, 0.1) is 5.82 Å². The first-order valence-corrected chi connectivity index (χ1v) is 10.5. The molecule has 1 N–H and O–H groups in total. The summed E-state index contributed by atoms with van der Waals surface area (Å²) >= 11 is 0. The summed E-state index contributed by atoms with van der Waals surface area (Å²) in [4.78, 5) is 28.5. The molecule has 4 nitrogen and oxygen atoms in total. The molecular weight excluding hydrogens is 393 g/mol. The Morgan fingerprint density at radius 3 is 2.52 bits per heavy atom. The van der Waals surface area contributed by atoms with Crippen molar-refractivity contribution in [2.45, 2.75) is 44.6 Å². The number of aliphatic hydroxyl groups is 1. The fourth-order valence-electron chi connectivity index (χ4n) is 3.89. The summed E-state index contributed by atoms with van der Waals surface area (Å²) < 4.78 is 13.6. The van der Waals surface area contributed by atoms with Crippen LogP contribution in [0.5, 0.6) is 0 Å². The smallest absolute Gasteiger partial charge is 0.158 e. The molecular formula is C26H24FNO3. The Bertz CT molecular complexity index is 1160. The normalized spacial score (nSPS) is 14.8. The van der Waals surface area contributed by atoms with Gasteiger partial charge in [-0.25, -0.2) is 4.39 Å². The number of hydrogen-bond donors (Lipinski definition) is 1. The number of rotatable bonds is 8. The van der Waals surface area contributed by atoms with Gasteiger partial charge in [-0.2, -0.15) is 0 Å². The van der Waals surface area contributed by atoms with Gasteiger partial charge >= 0.3 is 0 Å². The van der Waals surface area contributed by atoms with Gasteiger partial charge in [-0.05, 0) is 55.7 Å². The van der Waals surface area contributed by atoms with Gasteiger partial charge in [0.05, 0.1) is 17.3 Å². The number of halogens is 1. The lowest BCUT2D eigenvalue weighted by atomic mass is 9.92. The van der Waals surface area contributed by atoms with Gasteiger partial charge in [-0.15, -0.1) is 0 Å². The van der Waals surface area contributed by atoms with Crippen LogP contribution in [-0.2, 0) is 9.59 Å². The lowest BCUT2D eigenvalue weighted by Crippen LogP contribution is -2.15. The molecule has 31 heavy (non-hydrogen) atoms. The maximum Gasteiger partial charge on any atom is 0.158 e. The van der Waals surface area contributed by atoms with Crippen molar-refractivity contribution in [1.82, 2.24) is 4.98 Å². The predicted molar refractivity (Wildman–Crippen MR) is 119 cm³/mol. The number of aromatic nitrogens is 1. The number of carbonyl (C=O) groups is 2. The third kappa shape index (κ3) is 4.94. The molecule has 0 saturated heterocycles. The van der Waals surface area contributed by atoms with Crippen LogP contribution in [0.4, 0.5) is 4.39 Å². The van der Waals surface area contributed by atoms with Crippen molar-refractivity contribution in [3.8, 4) is 11.1 Å². The maximum atomic E-state index is 13.6. The highest BCUT2D eigenvalue weighted by Gasteiger charge is 2.29. The Kier molecular flexibility index (Phi) is 6.05. The predicted octanol–water partition coefficient (Wildman–Crippen LogP) is 5.23. The summed E-state index contributed by atoms with van der Waals surface area (Å²) in [6.07, 6.45) is 4.17. The Hall–Kier alpha value is -3.18. The summed E-state index contributed by atoms with van der Waals surface area (Å²) in [5, 5.41) is 10.8. The van der Waals surface area contributed by atoms with Gasteiger partial charge < -0.3 is 5.11 Å². The molecule has 0 bridgehead atoms. The van der Waals surface area contributed by atoms with Crippen LogP contribution in [0.1, 0.15) is 49.8 Å². The molecule has 1 saturated carbocycles. The lowest BCUT2D eigenvalue weighted by Gasteiger charge is -2.15. The van der Waals surface area contributed by atoms with Crippen molar-refractivity contribution < 1.29 is 19.1 Å². The van der Waals surface area contributed by atoms with Gasteiger partial charge in [0, 0.05) is 35.3 Å². The second kappa shape index (κ2) is 8.90. The van der Waals surface area contributed by atoms with Gasteiger partial charge in [0.2, 0.25) is 0 Å². The molecule has 1 heterocycles. The van der Waals surface area contributed by atoms with E-state index in [1.165, 1.54) is 25.1 Å². The lowest BCUT2D eigenvalue weighted by molar-refractivity contribution is -0.120. The first kappa shape index (κ1) is 21.1. The van der Waals surface area contributed by atoms with E-state index in [9.17, 15) is 19.1 Å². The molecule has 0 radical (unpaired) electrons. The van der Waals surface area contributed by atoms with E-state index in [4.69, 9.17) is 4.98 Å². The number of Topliss-reactive ketones (excluding diaryl/α,β-unsaturated/α-hetero) is 1. The summed E-state index contributed by atoms with van der Waals surface area (Å²) in [6.45, 7) is 1.39. The number of benzene rings is 2. The van der Waals surface area contributed by atoms with Gasteiger partial charge in [-0.3, -0.25) is 14.6 Å². The molecule has 5 heteroatoms. The zero-order valence-electron chi connectivity index (χ0n) is 17.3. The topological polar surface area (TPSA) is 67.3 Å². The molecule has 0 amide bonds. The second-order valence-corrected chi connectivity index (χ2v) is 8.15. The largest absolute Gasteiger partial charge is 0.392 e. The van der Waals surface area contributed by atoms with Gasteiger partial charge in [0.25, 0.3) is 0 Å². The molecule has 158 valence electrons. The standard InChI is InChI=1S/C26H24FNO3/c1-16(29)14-21(31)15-20(30)12-13-23-25(17-8-10-19(27)11-9-17)22-4-2-3-5-24(22)28-26(23)18-6-7-18/h2-5,8-13,18,21,31H,6-7,14-15H2,1H3/b13-12+. The van der Waals surface area contributed by atoms with Gasteiger partial charge in [0.1, 0.15) is 11.6 Å². The average Bonchev–Trinajstić information content (AvgIpc) is 3.56. The first-order valence-electron chi connectivity index (χ1n) is 10.5. The molecule has 1 fully saturated rings. The Labute approximate surface area is 180 Å². The van der Waals surface area contributed by atoms with E-state index in [0.29, 0.717) is 5.92 Å². The number of pyridine rings is 1. The minimum atomic E-state index is -0.983. The summed E-state index contributed by atoms with van der Waals surface area (Å²) in [5.74, 6) is -0.385. The molecule has 1 aliphatic carbocycles. The van der Waals surface area contributed by atoms with Gasteiger partial charge in [-0.1, -0.05) is 30.3 Å². The zero-order chi connectivity index (χ0) is 22.0. The van der Waals surface area contributed by atoms with Crippen LogP contribution >= 0.6 is 0 Å². The van der Waals surface area contributed by atoms with Crippen LogP contribution in [-0.4, -0.2) is 27.8 Å². The molecule has 0 spiro atoms. The van der Waals surface area contributed by atoms with Gasteiger partial charge in [0.15, 0.2) is 5.78 Å². The number of fused-ring (bicyclic) bond motifs is 1. The molecule has 4 rings (SSSR count). The van der Waals surface area contributed by atoms with Crippen LogP contribution < -0.4 is 0 Å². The average molecular weight is 417 g/mol. The van der Waals surface area contributed by atoms with E-state index in [1.807, 2.05) is 24.3 Å². The van der Waals surface area contributed by atoms with Crippen molar-refractivity contribution in [3.05, 3.63) is 71.7 Å². The van der Waals surface area contributed by atoms with E-state index in [-0.39, 0.29) is 30.2 Å². The van der Waals surface area contributed by atoms with Crippen molar-refractivity contribution in [2.75, 3.05) is 0 Å². The highest BCUT2D eigenvalue weighted by atomic mass is 19.1.